The van der Waals surface area contributed by atoms with Crippen LogP contribution in [0.2, 0.25) is 0 Å². The third-order valence-electron chi connectivity index (χ3n) is 2.15. The van der Waals surface area contributed by atoms with E-state index in [2.05, 4.69) is 20.2 Å². The number of nitrogens with zero attached hydrogens (tertiary/aromatic N) is 5. The predicted molar refractivity (Wildman–Crippen MR) is 62.6 cm³/mol. The second-order valence-corrected chi connectivity index (χ2v) is 3.59. The molecule has 0 unspecified atom stereocenters. The van der Waals surface area contributed by atoms with E-state index in [1.165, 1.54) is 11.0 Å². The van der Waals surface area contributed by atoms with E-state index in [1.54, 1.807) is 26.1 Å². The second kappa shape index (κ2) is 4.70. The van der Waals surface area contributed by atoms with Gasteiger partial charge in [0.15, 0.2) is 5.84 Å². The van der Waals surface area contributed by atoms with E-state index >= 15 is 0 Å². The molecule has 2 aromatic rings. The van der Waals surface area contributed by atoms with Crippen LogP contribution in [0, 0.1) is 6.92 Å². The molecule has 0 aliphatic heterocycles. The Morgan fingerprint density at radius 3 is 2.89 bits per heavy atom. The number of aromatic nitrogens is 4. The highest BCUT2D eigenvalue weighted by molar-refractivity contribution is 5.99. The maximum atomic E-state index is 8.70. The van der Waals surface area contributed by atoms with Gasteiger partial charge >= 0.3 is 6.01 Å². The summed E-state index contributed by atoms with van der Waals surface area (Å²) in [5.74, 6) is 0.102. The fourth-order valence-corrected chi connectivity index (χ4v) is 1.31. The number of hydrogen-bond acceptors (Lipinski definition) is 6. The van der Waals surface area contributed by atoms with Gasteiger partial charge in [-0.1, -0.05) is 5.16 Å². The third kappa shape index (κ3) is 2.37. The van der Waals surface area contributed by atoms with E-state index in [4.69, 9.17) is 15.7 Å². The average Bonchev–Trinajstić information content (AvgIpc) is 2.74. The molecule has 0 bridgehead atoms. The molecule has 18 heavy (non-hydrogen) atoms. The minimum atomic E-state index is -0.0894. The molecule has 3 N–H and O–H groups in total. The summed E-state index contributed by atoms with van der Waals surface area (Å²) in [7, 11) is 1.72. The highest BCUT2D eigenvalue weighted by Gasteiger charge is 2.13. The SMILES string of the molecule is Cc1ccc(/C(N)=N/O)c(Oc2ncn(C)n2)n1. The van der Waals surface area contributed by atoms with Crippen molar-refractivity contribution in [1.82, 2.24) is 19.7 Å². The first kappa shape index (κ1) is 11.8. The van der Waals surface area contributed by atoms with E-state index < -0.39 is 0 Å². The molecule has 2 heterocycles. The van der Waals surface area contributed by atoms with Crippen LogP contribution in [0.25, 0.3) is 0 Å². The summed E-state index contributed by atoms with van der Waals surface area (Å²) in [6, 6.07) is 3.52. The number of rotatable bonds is 3. The molecule has 94 valence electrons. The Bertz CT molecular complexity index is 592. The highest BCUT2D eigenvalue weighted by atomic mass is 16.5. The zero-order valence-electron chi connectivity index (χ0n) is 9.90. The van der Waals surface area contributed by atoms with Gasteiger partial charge < -0.3 is 15.7 Å². The maximum Gasteiger partial charge on any atom is 0.342 e. The molecule has 0 saturated heterocycles. The van der Waals surface area contributed by atoms with E-state index in [0.717, 1.165) is 5.69 Å². The molecule has 8 heteroatoms. The van der Waals surface area contributed by atoms with Crippen molar-refractivity contribution in [3.63, 3.8) is 0 Å². The quantitative estimate of drug-likeness (QED) is 0.352. The van der Waals surface area contributed by atoms with E-state index in [-0.39, 0.29) is 17.7 Å². The Labute approximate surface area is 103 Å². The summed E-state index contributed by atoms with van der Waals surface area (Å²) in [4.78, 5) is 8.08. The van der Waals surface area contributed by atoms with Crippen LogP contribution in [0.4, 0.5) is 0 Å². The van der Waals surface area contributed by atoms with Gasteiger partial charge in [-0.25, -0.2) is 4.98 Å². The number of amidine groups is 1. The van der Waals surface area contributed by atoms with Crippen molar-refractivity contribution in [3.05, 3.63) is 29.7 Å². The largest absolute Gasteiger partial charge is 0.409 e. The number of aryl methyl sites for hydroxylation is 2. The van der Waals surface area contributed by atoms with E-state index in [1.807, 2.05) is 0 Å². The fraction of sp³-hybridized carbons (Fsp3) is 0.200. The van der Waals surface area contributed by atoms with Crippen molar-refractivity contribution in [1.29, 1.82) is 0 Å². The van der Waals surface area contributed by atoms with Gasteiger partial charge in [-0.2, -0.15) is 4.98 Å². The molecule has 0 amide bonds. The summed E-state index contributed by atoms with van der Waals surface area (Å²) in [5, 5.41) is 15.6. The van der Waals surface area contributed by atoms with Crippen LogP contribution in [-0.2, 0) is 7.05 Å². The monoisotopic (exact) mass is 248 g/mol. The number of nitrogens with two attached hydrogens (primary N) is 1. The van der Waals surface area contributed by atoms with Crippen LogP contribution in [0.15, 0.2) is 23.6 Å². The van der Waals surface area contributed by atoms with Gasteiger partial charge in [-0.05, 0) is 19.1 Å². The lowest BCUT2D eigenvalue weighted by Gasteiger charge is -2.06. The summed E-state index contributed by atoms with van der Waals surface area (Å²) in [5.41, 5.74) is 6.64. The Morgan fingerprint density at radius 1 is 1.50 bits per heavy atom. The smallest absolute Gasteiger partial charge is 0.342 e. The highest BCUT2D eigenvalue weighted by Crippen LogP contribution is 2.20. The van der Waals surface area contributed by atoms with Crippen molar-refractivity contribution in [2.75, 3.05) is 0 Å². The lowest BCUT2D eigenvalue weighted by atomic mass is 10.2. The van der Waals surface area contributed by atoms with Crippen LogP contribution in [-0.4, -0.2) is 30.8 Å². The summed E-state index contributed by atoms with van der Waals surface area (Å²) in [6.07, 6.45) is 1.49. The Kier molecular flexibility index (Phi) is 3.09. The van der Waals surface area contributed by atoms with Crippen molar-refractivity contribution in [2.24, 2.45) is 17.9 Å². The first-order valence-electron chi connectivity index (χ1n) is 5.09. The Morgan fingerprint density at radius 2 is 2.28 bits per heavy atom. The van der Waals surface area contributed by atoms with Gasteiger partial charge in [0.05, 0.1) is 5.56 Å². The molecule has 2 aromatic heterocycles. The molecular formula is C10H12N6O2. The first-order chi connectivity index (χ1) is 8.60. The molecule has 0 aliphatic rings. The third-order valence-corrected chi connectivity index (χ3v) is 2.15. The first-order valence-corrected chi connectivity index (χ1v) is 5.09. The molecule has 0 atom stereocenters. The lowest BCUT2D eigenvalue weighted by molar-refractivity contribution is 0.318. The maximum absolute atomic E-state index is 8.70. The molecule has 2 rings (SSSR count). The van der Waals surface area contributed by atoms with Crippen molar-refractivity contribution in [3.8, 4) is 11.9 Å². The zero-order chi connectivity index (χ0) is 13.1. The standard InChI is InChI=1S/C10H12N6O2/c1-6-3-4-7(8(11)15-17)9(13-6)18-10-12-5-16(2)14-10/h3-5,17H,1-2H3,(H2,11,15). The van der Waals surface area contributed by atoms with E-state index in [9.17, 15) is 0 Å². The normalized spacial score (nSPS) is 11.6. The Balaban J connectivity index is 2.39. The van der Waals surface area contributed by atoms with E-state index in [0.29, 0.717) is 5.56 Å². The fourth-order valence-electron chi connectivity index (χ4n) is 1.31. The van der Waals surface area contributed by atoms with Crippen LogP contribution in [0.5, 0.6) is 11.9 Å². The molecule has 0 radical (unpaired) electrons. The molecule has 0 saturated carbocycles. The van der Waals surface area contributed by atoms with Gasteiger partial charge in [0.25, 0.3) is 0 Å². The number of ether oxygens (including phenoxy) is 1. The van der Waals surface area contributed by atoms with Gasteiger partial charge in [0.2, 0.25) is 5.88 Å². The predicted octanol–water partition coefficient (Wildman–Crippen LogP) is 0.405. The Hall–Kier alpha value is -2.64. The molecule has 0 aromatic carbocycles. The van der Waals surface area contributed by atoms with Gasteiger partial charge in [-0.15, -0.1) is 5.10 Å². The minimum absolute atomic E-state index is 0.0894. The minimum Gasteiger partial charge on any atom is -0.409 e. The van der Waals surface area contributed by atoms with Gasteiger partial charge in [0.1, 0.15) is 6.33 Å². The van der Waals surface area contributed by atoms with Crippen LogP contribution >= 0.6 is 0 Å². The molecular weight excluding hydrogens is 236 g/mol. The topological polar surface area (TPSA) is 111 Å². The van der Waals surface area contributed by atoms with Crippen LogP contribution < -0.4 is 10.5 Å². The summed E-state index contributed by atoms with van der Waals surface area (Å²) >= 11 is 0. The molecule has 8 nitrogen and oxygen atoms in total. The van der Waals surface area contributed by atoms with Crippen molar-refractivity contribution >= 4 is 5.84 Å². The lowest BCUT2D eigenvalue weighted by Crippen LogP contribution is -2.15. The number of hydrogen-bond donors (Lipinski definition) is 2. The summed E-state index contributed by atoms with van der Waals surface area (Å²) in [6.45, 7) is 1.80. The number of pyridine rings is 1. The van der Waals surface area contributed by atoms with Gasteiger partial charge in [0, 0.05) is 12.7 Å². The molecule has 0 spiro atoms. The summed E-state index contributed by atoms with van der Waals surface area (Å²) < 4.78 is 6.90. The van der Waals surface area contributed by atoms with Crippen molar-refractivity contribution in [2.45, 2.75) is 6.92 Å². The van der Waals surface area contributed by atoms with Crippen LogP contribution in [0.3, 0.4) is 0 Å². The van der Waals surface area contributed by atoms with Crippen LogP contribution in [0.1, 0.15) is 11.3 Å². The molecule has 0 fully saturated rings. The number of oxime groups is 1. The second-order valence-electron chi connectivity index (χ2n) is 3.59. The van der Waals surface area contributed by atoms with Crippen molar-refractivity contribution < 1.29 is 9.94 Å². The molecule has 0 aliphatic carbocycles. The van der Waals surface area contributed by atoms with Gasteiger partial charge in [-0.3, -0.25) is 4.68 Å². The zero-order valence-corrected chi connectivity index (χ0v) is 9.90. The average molecular weight is 248 g/mol.